The summed E-state index contributed by atoms with van der Waals surface area (Å²) in [4.78, 5) is 4.39. The number of aryl methyl sites for hydroxylation is 1. The Balaban J connectivity index is 1.91. The number of benzene rings is 3. The Morgan fingerprint density at radius 1 is 1.00 bits per heavy atom. The number of aliphatic imine (C=N–C) groups is 1. The highest BCUT2D eigenvalue weighted by atomic mass is 35.5. The van der Waals surface area contributed by atoms with Gasteiger partial charge in [-0.2, -0.15) is 8.42 Å². The molecule has 0 N–H and O–H groups in total. The van der Waals surface area contributed by atoms with Crippen LogP contribution < -0.4 is 8.92 Å². The van der Waals surface area contributed by atoms with Crippen molar-refractivity contribution in [1.29, 1.82) is 0 Å². The molecule has 0 aliphatic rings. The zero-order valence-electron chi connectivity index (χ0n) is 15.3. The SMILES string of the molecule is COc1cc(C=Nc2ccccc2)cc(Cl)c1OS(=O)(=O)c1ccc(C)cc1. The van der Waals surface area contributed by atoms with E-state index in [1.807, 2.05) is 37.3 Å². The summed E-state index contributed by atoms with van der Waals surface area (Å²) in [5, 5.41) is 0.101. The lowest BCUT2D eigenvalue weighted by atomic mass is 10.2. The van der Waals surface area contributed by atoms with Crippen molar-refractivity contribution in [3.05, 3.63) is 82.9 Å². The van der Waals surface area contributed by atoms with Gasteiger partial charge in [-0.25, -0.2) is 0 Å². The number of para-hydroxylation sites is 1. The molecule has 5 nitrogen and oxygen atoms in total. The van der Waals surface area contributed by atoms with Gasteiger partial charge in [0, 0.05) is 6.21 Å². The quantitative estimate of drug-likeness (QED) is 0.411. The van der Waals surface area contributed by atoms with Gasteiger partial charge >= 0.3 is 10.1 Å². The van der Waals surface area contributed by atoms with E-state index in [0.29, 0.717) is 5.56 Å². The van der Waals surface area contributed by atoms with Crippen LogP contribution in [0.25, 0.3) is 0 Å². The fourth-order valence-corrected chi connectivity index (χ4v) is 3.68. The molecular weight excluding hydrogens is 398 g/mol. The van der Waals surface area contributed by atoms with E-state index in [2.05, 4.69) is 4.99 Å². The van der Waals surface area contributed by atoms with Crippen LogP contribution in [0.3, 0.4) is 0 Å². The topological polar surface area (TPSA) is 65.0 Å². The standard InChI is InChI=1S/C21H18ClNO4S/c1-15-8-10-18(11-9-15)28(24,25)27-21-19(22)12-16(13-20(21)26-2)14-23-17-6-4-3-5-7-17/h3-14H,1-2H3. The second-order valence-corrected chi connectivity index (χ2v) is 7.93. The fourth-order valence-electron chi connectivity index (χ4n) is 2.42. The van der Waals surface area contributed by atoms with Gasteiger partial charge in [-0.15, -0.1) is 0 Å². The molecule has 0 unspecified atom stereocenters. The molecule has 0 aliphatic heterocycles. The molecule has 0 aliphatic carbocycles. The van der Waals surface area contributed by atoms with Gasteiger partial charge in [0.2, 0.25) is 5.75 Å². The van der Waals surface area contributed by atoms with E-state index in [1.165, 1.54) is 19.2 Å². The Bertz CT molecular complexity index is 1100. The molecule has 7 heteroatoms. The molecule has 28 heavy (non-hydrogen) atoms. The summed E-state index contributed by atoms with van der Waals surface area (Å²) in [6.07, 6.45) is 1.61. The van der Waals surface area contributed by atoms with E-state index in [-0.39, 0.29) is 21.4 Å². The second kappa shape index (κ2) is 8.46. The maximum absolute atomic E-state index is 12.6. The molecule has 3 aromatic carbocycles. The van der Waals surface area contributed by atoms with Crippen molar-refractivity contribution in [2.24, 2.45) is 4.99 Å². The minimum Gasteiger partial charge on any atom is -0.493 e. The first-order valence-corrected chi connectivity index (χ1v) is 10.2. The van der Waals surface area contributed by atoms with Crippen LogP contribution in [0.4, 0.5) is 5.69 Å². The van der Waals surface area contributed by atoms with Crippen molar-refractivity contribution in [1.82, 2.24) is 0 Å². The maximum atomic E-state index is 12.6. The molecule has 0 amide bonds. The van der Waals surface area contributed by atoms with Crippen LogP contribution in [-0.2, 0) is 10.1 Å². The van der Waals surface area contributed by atoms with E-state index in [4.69, 9.17) is 20.5 Å². The fraction of sp³-hybridized carbons (Fsp3) is 0.0952. The zero-order valence-corrected chi connectivity index (χ0v) is 16.9. The Labute approximate surface area is 169 Å². The zero-order chi connectivity index (χ0) is 20.1. The average molecular weight is 416 g/mol. The van der Waals surface area contributed by atoms with Crippen molar-refractivity contribution < 1.29 is 17.3 Å². The van der Waals surface area contributed by atoms with Crippen LogP contribution in [0.5, 0.6) is 11.5 Å². The molecule has 0 atom stereocenters. The Hall–Kier alpha value is -2.83. The first-order chi connectivity index (χ1) is 13.4. The van der Waals surface area contributed by atoms with Gasteiger partial charge in [-0.1, -0.05) is 47.5 Å². The molecule has 0 saturated heterocycles. The van der Waals surface area contributed by atoms with Crippen LogP contribution in [0.15, 0.2) is 76.6 Å². The number of hydrogen-bond donors (Lipinski definition) is 0. The highest BCUT2D eigenvalue weighted by Crippen LogP contribution is 2.38. The third-order valence-electron chi connectivity index (χ3n) is 3.87. The highest BCUT2D eigenvalue weighted by Gasteiger charge is 2.22. The van der Waals surface area contributed by atoms with E-state index in [9.17, 15) is 8.42 Å². The molecule has 0 aromatic heterocycles. The number of rotatable bonds is 6. The molecule has 0 bridgehead atoms. The smallest absolute Gasteiger partial charge is 0.339 e. The van der Waals surface area contributed by atoms with Gasteiger partial charge in [0.25, 0.3) is 0 Å². The van der Waals surface area contributed by atoms with Gasteiger partial charge in [-0.05, 0) is 48.9 Å². The van der Waals surface area contributed by atoms with Crippen LogP contribution >= 0.6 is 11.6 Å². The third-order valence-corrected chi connectivity index (χ3v) is 5.39. The van der Waals surface area contributed by atoms with E-state index in [0.717, 1.165) is 11.3 Å². The third kappa shape index (κ3) is 4.71. The predicted molar refractivity (Wildman–Crippen MR) is 111 cm³/mol. The molecule has 144 valence electrons. The Kier molecular flexibility index (Phi) is 6.02. The monoisotopic (exact) mass is 415 g/mol. The van der Waals surface area contributed by atoms with Crippen molar-refractivity contribution in [3.63, 3.8) is 0 Å². The van der Waals surface area contributed by atoms with Crippen LogP contribution in [0, 0.1) is 6.92 Å². The summed E-state index contributed by atoms with van der Waals surface area (Å²) in [5.74, 6) is 0.124. The van der Waals surface area contributed by atoms with Gasteiger partial charge < -0.3 is 8.92 Å². The number of halogens is 1. The first-order valence-electron chi connectivity index (χ1n) is 8.37. The second-order valence-electron chi connectivity index (χ2n) is 5.98. The minimum atomic E-state index is -4.05. The van der Waals surface area contributed by atoms with E-state index >= 15 is 0 Å². The van der Waals surface area contributed by atoms with E-state index in [1.54, 1.807) is 30.5 Å². The molecule has 0 radical (unpaired) electrons. The van der Waals surface area contributed by atoms with Gasteiger partial charge in [0.05, 0.1) is 17.8 Å². The van der Waals surface area contributed by atoms with Crippen molar-refractivity contribution in [2.45, 2.75) is 11.8 Å². The number of hydrogen-bond acceptors (Lipinski definition) is 5. The summed E-state index contributed by atoms with van der Waals surface area (Å²) < 4.78 is 35.7. The Morgan fingerprint density at radius 2 is 1.68 bits per heavy atom. The van der Waals surface area contributed by atoms with Crippen LogP contribution in [0.2, 0.25) is 5.02 Å². The number of methoxy groups -OCH3 is 1. The maximum Gasteiger partial charge on any atom is 0.339 e. The molecule has 3 aromatic rings. The molecule has 3 rings (SSSR count). The van der Waals surface area contributed by atoms with Gasteiger partial charge in [0.1, 0.15) is 4.90 Å². The van der Waals surface area contributed by atoms with Gasteiger partial charge in [-0.3, -0.25) is 4.99 Å². The summed E-state index contributed by atoms with van der Waals surface area (Å²) >= 11 is 6.28. The normalized spacial score (nSPS) is 11.5. The molecule has 0 spiro atoms. The summed E-state index contributed by atoms with van der Waals surface area (Å²) in [6, 6.07) is 18.9. The van der Waals surface area contributed by atoms with E-state index < -0.39 is 10.1 Å². The largest absolute Gasteiger partial charge is 0.493 e. The lowest BCUT2D eigenvalue weighted by Crippen LogP contribution is -2.11. The van der Waals surface area contributed by atoms with Crippen molar-refractivity contribution >= 4 is 33.6 Å². The molecule has 0 fully saturated rings. The van der Waals surface area contributed by atoms with Crippen molar-refractivity contribution in [2.75, 3.05) is 7.11 Å². The van der Waals surface area contributed by atoms with Crippen LogP contribution in [-0.4, -0.2) is 21.7 Å². The predicted octanol–water partition coefficient (Wildman–Crippen LogP) is 5.18. The molecule has 0 saturated carbocycles. The minimum absolute atomic E-state index is 0.0333. The van der Waals surface area contributed by atoms with Crippen molar-refractivity contribution in [3.8, 4) is 11.5 Å². The Morgan fingerprint density at radius 3 is 2.32 bits per heavy atom. The lowest BCUT2D eigenvalue weighted by Gasteiger charge is -2.13. The molecular formula is C21H18ClNO4S. The molecule has 0 heterocycles. The average Bonchev–Trinajstić information content (AvgIpc) is 2.69. The first kappa shape index (κ1) is 19.9. The number of nitrogens with zero attached hydrogens (tertiary/aromatic N) is 1. The lowest BCUT2D eigenvalue weighted by molar-refractivity contribution is 0.390. The van der Waals surface area contributed by atoms with Crippen LogP contribution in [0.1, 0.15) is 11.1 Å². The summed E-state index contributed by atoms with van der Waals surface area (Å²) in [7, 11) is -2.64. The summed E-state index contributed by atoms with van der Waals surface area (Å²) in [5.41, 5.74) is 2.36. The summed E-state index contributed by atoms with van der Waals surface area (Å²) in [6.45, 7) is 1.87. The highest BCUT2D eigenvalue weighted by molar-refractivity contribution is 7.87. The number of ether oxygens (including phenoxy) is 1. The van der Waals surface area contributed by atoms with Gasteiger partial charge in [0.15, 0.2) is 5.75 Å².